The molecule has 2 aromatic rings. The molecule has 2 rings (SSSR count). The Labute approximate surface area is 105 Å². The Hall–Kier alpha value is -1.90. The van der Waals surface area contributed by atoms with E-state index >= 15 is 0 Å². The van der Waals surface area contributed by atoms with Crippen molar-refractivity contribution in [2.75, 3.05) is 5.32 Å². The molecule has 1 unspecified atom stereocenters. The van der Waals surface area contributed by atoms with E-state index in [1.165, 1.54) is 24.3 Å². The summed E-state index contributed by atoms with van der Waals surface area (Å²) in [5.41, 5.74) is 2.55. The van der Waals surface area contributed by atoms with E-state index in [1.807, 2.05) is 19.9 Å². The zero-order chi connectivity index (χ0) is 13.1. The molecule has 0 aromatic heterocycles. The van der Waals surface area contributed by atoms with Crippen LogP contribution >= 0.6 is 0 Å². The van der Waals surface area contributed by atoms with Gasteiger partial charge >= 0.3 is 0 Å². The lowest BCUT2D eigenvalue weighted by molar-refractivity contribution is 0.626. The van der Waals surface area contributed by atoms with Gasteiger partial charge in [-0.05, 0) is 55.3 Å². The number of hydrogen-bond acceptors (Lipinski definition) is 1. The number of rotatable bonds is 3. The second-order valence-electron chi connectivity index (χ2n) is 4.43. The Morgan fingerprint density at radius 2 is 1.61 bits per heavy atom. The lowest BCUT2D eigenvalue weighted by Crippen LogP contribution is -2.07. The van der Waals surface area contributed by atoms with Crippen LogP contribution < -0.4 is 5.32 Å². The average molecular weight is 247 g/mol. The normalized spacial score (nSPS) is 12.2. The lowest BCUT2D eigenvalue weighted by Gasteiger charge is -2.16. The van der Waals surface area contributed by atoms with Crippen LogP contribution in [0.1, 0.15) is 24.1 Å². The maximum Gasteiger partial charge on any atom is 0.125 e. The van der Waals surface area contributed by atoms with Gasteiger partial charge in [-0.1, -0.05) is 12.1 Å². The monoisotopic (exact) mass is 247 g/mol. The summed E-state index contributed by atoms with van der Waals surface area (Å²) in [4.78, 5) is 0. The molecule has 0 saturated carbocycles. The molecule has 0 aliphatic carbocycles. The van der Waals surface area contributed by atoms with Gasteiger partial charge in [0.25, 0.3) is 0 Å². The molecule has 0 radical (unpaired) electrons. The highest BCUT2D eigenvalue weighted by Gasteiger charge is 2.06. The molecule has 0 fully saturated rings. The first-order valence-electron chi connectivity index (χ1n) is 5.84. The number of benzene rings is 2. The summed E-state index contributed by atoms with van der Waals surface area (Å²) in [7, 11) is 0. The van der Waals surface area contributed by atoms with Crippen molar-refractivity contribution >= 4 is 5.69 Å². The molecule has 0 spiro atoms. The summed E-state index contributed by atoms with van der Waals surface area (Å²) in [5.74, 6) is -0.517. The van der Waals surface area contributed by atoms with Gasteiger partial charge in [-0.25, -0.2) is 8.78 Å². The topological polar surface area (TPSA) is 12.0 Å². The molecular formula is C15H15F2N. The summed E-state index contributed by atoms with van der Waals surface area (Å²) in [6.07, 6.45) is 0. The molecule has 3 heteroatoms. The Kier molecular flexibility index (Phi) is 3.60. The zero-order valence-electron chi connectivity index (χ0n) is 10.4. The molecule has 2 aromatic carbocycles. The first-order chi connectivity index (χ1) is 8.54. The summed E-state index contributed by atoms with van der Waals surface area (Å²) in [6.45, 7) is 3.80. The van der Waals surface area contributed by atoms with Crippen molar-refractivity contribution in [2.45, 2.75) is 19.9 Å². The van der Waals surface area contributed by atoms with Crippen molar-refractivity contribution in [2.24, 2.45) is 0 Å². The minimum Gasteiger partial charge on any atom is -0.378 e. The number of nitrogens with one attached hydrogen (secondary N) is 1. The average Bonchev–Trinajstić information content (AvgIpc) is 2.28. The van der Waals surface area contributed by atoms with Gasteiger partial charge in [0.15, 0.2) is 0 Å². The second-order valence-corrected chi connectivity index (χ2v) is 4.43. The quantitative estimate of drug-likeness (QED) is 0.845. The standard InChI is InChI=1S/C15H15F2N/c1-10-7-14(17)9-15(8-10)18-11(2)12-3-5-13(16)6-4-12/h3-9,11,18H,1-2H3. The maximum absolute atomic E-state index is 13.2. The van der Waals surface area contributed by atoms with Crippen LogP contribution in [0.5, 0.6) is 0 Å². The van der Waals surface area contributed by atoms with E-state index < -0.39 is 0 Å². The van der Waals surface area contributed by atoms with Crippen molar-refractivity contribution < 1.29 is 8.78 Å². The van der Waals surface area contributed by atoms with Crippen LogP contribution in [0.3, 0.4) is 0 Å². The first kappa shape index (κ1) is 12.6. The van der Waals surface area contributed by atoms with Crippen molar-refractivity contribution in [1.29, 1.82) is 0 Å². The molecule has 0 aliphatic rings. The Morgan fingerprint density at radius 3 is 2.22 bits per heavy atom. The van der Waals surface area contributed by atoms with E-state index in [4.69, 9.17) is 0 Å². The van der Waals surface area contributed by atoms with Gasteiger partial charge in [0.1, 0.15) is 11.6 Å². The molecule has 1 N–H and O–H groups in total. The highest BCUT2D eigenvalue weighted by Crippen LogP contribution is 2.21. The molecule has 1 atom stereocenters. The van der Waals surface area contributed by atoms with E-state index in [0.29, 0.717) is 0 Å². The summed E-state index contributed by atoms with van der Waals surface area (Å²) >= 11 is 0. The summed E-state index contributed by atoms with van der Waals surface area (Å²) in [5, 5.41) is 3.20. The third-order valence-corrected chi connectivity index (χ3v) is 2.80. The summed E-state index contributed by atoms with van der Waals surface area (Å²) < 4.78 is 26.1. The van der Waals surface area contributed by atoms with Gasteiger partial charge < -0.3 is 5.32 Å². The minimum atomic E-state index is -0.260. The fourth-order valence-electron chi connectivity index (χ4n) is 1.90. The summed E-state index contributed by atoms with van der Waals surface area (Å²) in [6, 6.07) is 11.1. The van der Waals surface area contributed by atoms with Crippen LogP contribution in [0.2, 0.25) is 0 Å². The highest BCUT2D eigenvalue weighted by molar-refractivity contribution is 5.47. The highest BCUT2D eigenvalue weighted by atomic mass is 19.1. The van der Waals surface area contributed by atoms with E-state index in [9.17, 15) is 8.78 Å². The predicted molar refractivity (Wildman–Crippen MR) is 69.6 cm³/mol. The third-order valence-electron chi connectivity index (χ3n) is 2.80. The van der Waals surface area contributed by atoms with Gasteiger partial charge in [0, 0.05) is 11.7 Å². The maximum atomic E-state index is 13.2. The fraction of sp³-hybridized carbons (Fsp3) is 0.200. The number of anilines is 1. The van der Waals surface area contributed by atoms with Gasteiger partial charge in [-0.2, -0.15) is 0 Å². The Morgan fingerprint density at radius 1 is 0.944 bits per heavy atom. The van der Waals surface area contributed by atoms with Gasteiger partial charge in [0.2, 0.25) is 0 Å². The SMILES string of the molecule is Cc1cc(F)cc(NC(C)c2ccc(F)cc2)c1. The van der Waals surface area contributed by atoms with Crippen molar-refractivity contribution in [3.05, 3.63) is 65.2 Å². The Balaban J connectivity index is 2.15. The number of aryl methyl sites for hydroxylation is 1. The molecule has 0 heterocycles. The van der Waals surface area contributed by atoms with Gasteiger partial charge in [-0.3, -0.25) is 0 Å². The first-order valence-corrected chi connectivity index (χ1v) is 5.84. The van der Waals surface area contributed by atoms with Crippen LogP contribution in [0.25, 0.3) is 0 Å². The van der Waals surface area contributed by atoms with Gasteiger partial charge in [-0.15, -0.1) is 0 Å². The van der Waals surface area contributed by atoms with Crippen LogP contribution in [-0.2, 0) is 0 Å². The third kappa shape index (κ3) is 3.06. The van der Waals surface area contributed by atoms with Crippen molar-refractivity contribution in [1.82, 2.24) is 0 Å². The largest absolute Gasteiger partial charge is 0.378 e. The smallest absolute Gasteiger partial charge is 0.125 e. The molecular weight excluding hydrogens is 232 g/mol. The molecule has 0 amide bonds. The predicted octanol–water partition coefficient (Wildman–Crippen LogP) is 4.45. The molecule has 94 valence electrons. The van der Waals surface area contributed by atoms with E-state index in [-0.39, 0.29) is 17.7 Å². The van der Waals surface area contributed by atoms with Crippen LogP contribution in [0, 0.1) is 18.6 Å². The van der Waals surface area contributed by atoms with E-state index in [2.05, 4.69) is 5.32 Å². The molecule has 0 saturated heterocycles. The van der Waals surface area contributed by atoms with Crippen LogP contribution in [0.15, 0.2) is 42.5 Å². The molecule has 18 heavy (non-hydrogen) atoms. The number of halogens is 2. The molecule has 0 bridgehead atoms. The minimum absolute atomic E-state index is 0.00759. The van der Waals surface area contributed by atoms with Gasteiger partial charge in [0.05, 0.1) is 0 Å². The Bertz CT molecular complexity index is 514. The van der Waals surface area contributed by atoms with Crippen molar-refractivity contribution in [3.8, 4) is 0 Å². The second kappa shape index (κ2) is 5.17. The van der Waals surface area contributed by atoms with E-state index in [0.717, 1.165) is 16.8 Å². The number of hydrogen-bond donors (Lipinski definition) is 1. The molecule has 0 aliphatic heterocycles. The lowest BCUT2D eigenvalue weighted by atomic mass is 10.1. The van der Waals surface area contributed by atoms with E-state index in [1.54, 1.807) is 12.1 Å². The fourth-order valence-corrected chi connectivity index (χ4v) is 1.90. The van der Waals surface area contributed by atoms with Crippen LogP contribution in [-0.4, -0.2) is 0 Å². The van der Waals surface area contributed by atoms with Crippen molar-refractivity contribution in [3.63, 3.8) is 0 Å². The molecule has 1 nitrogen and oxygen atoms in total. The van der Waals surface area contributed by atoms with Crippen LogP contribution in [0.4, 0.5) is 14.5 Å². The zero-order valence-corrected chi connectivity index (χ0v) is 10.4.